The number of amides is 1. The van der Waals surface area contributed by atoms with Crippen molar-refractivity contribution in [2.75, 3.05) is 12.4 Å². The van der Waals surface area contributed by atoms with Gasteiger partial charge in [0.2, 0.25) is 0 Å². The summed E-state index contributed by atoms with van der Waals surface area (Å²) >= 11 is 6.09. The standard InChI is InChI=1S/C22H23ClF3N5O2/c1-31-18(11-27-21(31)33-2)20(32)29-14-5-3-4-13(9-14)28-17-10-19(22(24,25)26)30-16-7-6-12(23)8-15(16)17/h6-8,10-11,13-14H,3-5,9H2,1-2H3,(H,28,30)(H,29,32)/t13-,14+/m0/s1. The lowest BCUT2D eigenvalue weighted by Gasteiger charge is -2.31. The van der Waals surface area contributed by atoms with Crippen molar-refractivity contribution in [2.24, 2.45) is 7.05 Å². The van der Waals surface area contributed by atoms with Crippen LogP contribution in [0.1, 0.15) is 41.9 Å². The Morgan fingerprint density at radius 2 is 2.00 bits per heavy atom. The minimum absolute atomic E-state index is 0.129. The largest absolute Gasteiger partial charge is 0.468 e. The number of nitrogens with zero attached hydrogens (tertiary/aromatic N) is 3. The van der Waals surface area contributed by atoms with E-state index < -0.39 is 11.9 Å². The predicted molar refractivity (Wildman–Crippen MR) is 119 cm³/mol. The molecule has 1 aliphatic rings. The van der Waals surface area contributed by atoms with Gasteiger partial charge in [-0.05, 0) is 49.9 Å². The van der Waals surface area contributed by atoms with Gasteiger partial charge in [-0.15, -0.1) is 0 Å². The quantitative estimate of drug-likeness (QED) is 0.547. The van der Waals surface area contributed by atoms with E-state index in [-0.39, 0.29) is 23.5 Å². The number of fused-ring (bicyclic) bond motifs is 1. The van der Waals surface area contributed by atoms with Gasteiger partial charge in [0.1, 0.15) is 11.4 Å². The zero-order valence-corrected chi connectivity index (χ0v) is 18.8. The normalized spacial score (nSPS) is 18.8. The summed E-state index contributed by atoms with van der Waals surface area (Å²) in [6.07, 6.45) is -0.220. The Hall–Kier alpha value is -3.01. The molecule has 0 unspecified atom stereocenters. The number of hydrogen-bond acceptors (Lipinski definition) is 5. The second-order valence-electron chi connectivity index (χ2n) is 8.08. The van der Waals surface area contributed by atoms with Gasteiger partial charge in [0.25, 0.3) is 11.9 Å². The topological polar surface area (TPSA) is 81.1 Å². The maximum Gasteiger partial charge on any atom is 0.433 e. The van der Waals surface area contributed by atoms with Crippen molar-refractivity contribution in [3.8, 4) is 6.01 Å². The summed E-state index contributed by atoms with van der Waals surface area (Å²) in [7, 11) is 3.16. The number of rotatable bonds is 5. The Labute approximate surface area is 193 Å². The zero-order valence-electron chi connectivity index (χ0n) is 18.0. The molecule has 33 heavy (non-hydrogen) atoms. The molecule has 11 heteroatoms. The zero-order chi connectivity index (χ0) is 23.8. The van der Waals surface area contributed by atoms with Crippen LogP contribution in [0, 0.1) is 0 Å². The smallest absolute Gasteiger partial charge is 0.433 e. The second kappa shape index (κ2) is 9.09. The number of hydrogen-bond donors (Lipinski definition) is 2. The summed E-state index contributed by atoms with van der Waals surface area (Å²) in [5, 5.41) is 7.17. The van der Waals surface area contributed by atoms with Gasteiger partial charge in [0.15, 0.2) is 0 Å². The first-order valence-electron chi connectivity index (χ1n) is 10.5. The monoisotopic (exact) mass is 481 g/mol. The number of halogens is 4. The summed E-state index contributed by atoms with van der Waals surface area (Å²) in [5.41, 5.74) is -0.0668. The lowest BCUT2D eigenvalue weighted by atomic mass is 9.90. The van der Waals surface area contributed by atoms with Gasteiger partial charge in [0, 0.05) is 35.2 Å². The Morgan fingerprint density at radius 1 is 1.24 bits per heavy atom. The third kappa shape index (κ3) is 5.00. The first-order valence-corrected chi connectivity index (χ1v) is 10.8. The molecular formula is C22H23ClF3N5O2. The van der Waals surface area contributed by atoms with Crippen molar-refractivity contribution in [1.82, 2.24) is 19.9 Å². The fraction of sp³-hybridized carbons (Fsp3) is 0.409. The van der Waals surface area contributed by atoms with Crippen LogP contribution < -0.4 is 15.4 Å². The van der Waals surface area contributed by atoms with Crippen LogP contribution in [0.5, 0.6) is 6.01 Å². The van der Waals surface area contributed by atoms with Crippen molar-refractivity contribution in [2.45, 2.75) is 43.9 Å². The van der Waals surface area contributed by atoms with Gasteiger partial charge in [-0.1, -0.05) is 11.6 Å². The lowest BCUT2D eigenvalue weighted by molar-refractivity contribution is -0.140. The van der Waals surface area contributed by atoms with E-state index in [1.807, 2.05) is 0 Å². The van der Waals surface area contributed by atoms with E-state index in [0.29, 0.717) is 34.2 Å². The molecule has 1 fully saturated rings. The molecule has 3 aromatic rings. The van der Waals surface area contributed by atoms with E-state index >= 15 is 0 Å². The Kier molecular flexibility index (Phi) is 6.38. The molecule has 4 rings (SSSR count). The molecule has 176 valence electrons. The minimum atomic E-state index is -4.57. The van der Waals surface area contributed by atoms with E-state index in [9.17, 15) is 18.0 Å². The number of anilines is 1. The molecular weight excluding hydrogens is 459 g/mol. The van der Waals surface area contributed by atoms with Crippen LogP contribution in [0.25, 0.3) is 10.9 Å². The fourth-order valence-electron chi connectivity index (χ4n) is 4.19. The number of imidazole rings is 1. The van der Waals surface area contributed by atoms with Crippen LogP contribution >= 0.6 is 11.6 Å². The van der Waals surface area contributed by atoms with E-state index in [1.54, 1.807) is 17.7 Å². The molecule has 1 aliphatic carbocycles. The highest BCUT2D eigenvalue weighted by atomic mass is 35.5. The number of methoxy groups -OCH3 is 1. The number of ether oxygens (including phenoxy) is 1. The van der Waals surface area contributed by atoms with Gasteiger partial charge in [-0.2, -0.15) is 13.2 Å². The van der Waals surface area contributed by atoms with E-state index in [1.165, 1.54) is 25.4 Å². The number of alkyl halides is 3. The van der Waals surface area contributed by atoms with Crippen LogP contribution in [0.15, 0.2) is 30.5 Å². The summed E-state index contributed by atoms with van der Waals surface area (Å²) < 4.78 is 46.8. The molecule has 2 aromatic heterocycles. The molecule has 0 spiro atoms. The molecule has 1 aromatic carbocycles. The number of benzene rings is 1. The Morgan fingerprint density at radius 3 is 2.70 bits per heavy atom. The molecule has 2 N–H and O–H groups in total. The summed E-state index contributed by atoms with van der Waals surface area (Å²) in [4.78, 5) is 20.5. The minimum Gasteiger partial charge on any atom is -0.468 e. The van der Waals surface area contributed by atoms with Crippen molar-refractivity contribution < 1.29 is 22.7 Å². The van der Waals surface area contributed by atoms with Crippen LogP contribution in [0.4, 0.5) is 18.9 Å². The average Bonchev–Trinajstić information content (AvgIpc) is 3.14. The summed E-state index contributed by atoms with van der Waals surface area (Å²) in [6, 6.07) is 5.67. The van der Waals surface area contributed by atoms with Crippen molar-refractivity contribution in [1.29, 1.82) is 0 Å². The molecule has 1 saturated carbocycles. The first-order chi connectivity index (χ1) is 15.7. The maximum absolute atomic E-state index is 13.4. The Balaban J connectivity index is 1.53. The van der Waals surface area contributed by atoms with Gasteiger partial charge in [0.05, 0.1) is 18.8 Å². The fourth-order valence-corrected chi connectivity index (χ4v) is 4.36. The SMILES string of the molecule is COc1ncc(C(=O)N[C@@H]2CCC[C@H](Nc3cc(C(F)(F)F)nc4ccc(Cl)cc34)C2)n1C. The van der Waals surface area contributed by atoms with E-state index in [4.69, 9.17) is 16.3 Å². The third-order valence-electron chi connectivity index (χ3n) is 5.79. The number of aromatic nitrogens is 3. The highest BCUT2D eigenvalue weighted by Gasteiger charge is 2.34. The van der Waals surface area contributed by atoms with Crippen LogP contribution in [-0.2, 0) is 13.2 Å². The summed E-state index contributed by atoms with van der Waals surface area (Å²) in [5.74, 6) is -0.278. The maximum atomic E-state index is 13.4. The molecule has 0 radical (unpaired) electrons. The highest BCUT2D eigenvalue weighted by molar-refractivity contribution is 6.31. The van der Waals surface area contributed by atoms with Crippen molar-refractivity contribution in [3.63, 3.8) is 0 Å². The molecule has 2 atom stereocenters. The van der Waals surface area contributed by atoms with Crippen LogP contribution in [-0.4, -0.2) is 39.6 Å². The van der Waals surface area contributed by atoms with Crippen LogP contribution in [0.3, 0.4) is 0 Å². The molecule has 7 nitrogen and oxygen atoms in total. The number of nitrogens with one attached hydrogen (secondary N) is 2. The van der Waals surface area contributed by atoms with Gasteiger partial charge in [-0.25, -0.2) is 9.97 Å². The van der Waals surface area contributed by atoms with Crippen LogP contribution in [0.2, 0.25) is 5.02 Å². The molecule has 0 saturated heterocycles. The highest BCUT2D eigenvalue weighted by Crippen LogP contribution is 2.35. The van der Waals surface area contributed by atoms with Crippen molar-refractivity contribution >= 4 is 34.1 Å². The molecule has 0 bridgehead atoms. The molecule has 2 heterocycles. The molecule has 0 aliphatic heterocycles. The van der Waals surface area contributed by atoms with E-state index in [2.05, 4.69) is 20.6 Å². The molecule has 1 amide bonds. The van der Waals surface area contributed by atoms with Gasteiger partial charge >= 0.3 is 6.18 Å². The Bertz CT molecular complexity index is 1180. The number of carbonyl (C=O) groups is 1. The van der Waals surface area contributed by atoms with Gasteiger partial charge in [-0.3, -0.25) is 9.36 Å². The average molecular weight is 482 g/mol. The van der Waals surface area contributed by atoms with Gasteiger partial charge < -0.3 is 15.4 Å². The van der Waals surface area contributed by atoms with Crippen molar-refractivity contribution in [3.05, 3.63) is 46.9 Å². The number of pyridine rings is 1. The third-order valence-corrected chi connectivity index (χ3v) is 6.03. The lowest BCUT2D eigenvalue weighted by Crippen LogP contribution is -2.42. The second-order valence-corrected chi connectivity index (χ2v) is 8.52. The summed E-state index contributed by atoms with van der Waals surface area (Å²) in [6.45, 7) is 0. The first kappa shape index (κ1) is 23.2. The predicted octanol–water partition coefficient (Wildman–Crippen LogP) is 4.80. The number of carbonyl (C=O) groups excluding carboxylic acids is 1. The van der Waals surface area contributed by atoms with E-state index in [0.717, 1.165) is 25.3 Å².